The van der Waals surface area contributed by atoms with Crippen LogP contribution >= 0.6 is 0 Å². The lowest BCUT2D eigenvalue weighted by molar-refractivity contribution is 0.317. The topological polar surface area (TPSA) is 22.4 Å². The van der Waals surface area contributed by atoms with Crippen LogP contribution in [0.1, 0.15) is 44.2 Å². The summed E-state index contributed by atoms with van der Waals surface area (Å²) in [4.78, 5) is 0. The summed E-state index contributed by atoms with van der Waals surface area (Å²) in [5.74, 6) is 1.55. The van der Waals surface area contributed by atoms with Gasteiger partial charge in [0.2, 0.25) is 0 Å². The van der Waals surface area contributed by atoms with Crippen LogP contribution in [0.25, 0.3) is 11.2 Å². The molecular weight excluding hydrogens is 260 g/mol. The molecule has 0 radical (unpaired) electrons. The van der Waals surface area contributed by atoms with Crippen molar-refractivity contribution in [3.8, 4) is 5.75 Å². The van der Waals surface area contributed by atoms with Gasteiger partial charge in [0.15, 0.2) is 0 Å². The van der Waals surface area contributed by atoms with Crippen LogP contribution in [0.5, 0.6) is 5.75 Å². The van der Waals surface area contributed by atoms with Crippen LogP contribution in [-0.2, 0) is 0 Å². The second-order valence-electron chi connectivity index (χ2n) is 5.62. The lowest BCUT2D eigenvalue weighted by Crippen LogP contribution is -1.94. The summed E-state index contributed by atoms with van der Waals surface area (Å²) in [6.45, 7) is 9.34. The maximum atomic E-state index is 5.41. The van der Waals surface area contributed by atoms with E-state index in [0.29, 0.717) is 5.92 Å². The van der Waals surface area contributed by atoms with Crippen molar-refractivity contribution >= 4 is 11.2 Å². The molecule has 1 aromatic carbocycles. The first-order chi connectivity index (χ1) is 10.1. The van der Waals surface area contributed by atoms with E-state index in [-0.39, 0.29) is 0 Å². The standard InChI is InChI=1S/C10H14O.C9H10O/c1-3-8-11-10-6-4-9(2)5-7-10;1-6(2)8-5-7-3-4-9(8)10-7/h4-7H,3,8H2,1-2H3;3-6H,1-2H3. The van der Waals surface area contributed by atoms with Gasteiger partial charge in [-0.15, -0.1) is 0 Å². The van der Waals surface area contributed by atoms with Crippen LogP contribution in [0.4, 0.5) is 0 Å². The van der Waals surface area contributed by atoms with Crippen LogP contribution in [0.2, 0.25) is 0 Å². The van der Waals surface area contributed by atoms with E-state index in [2.05, 4.69) is 45.9 Å². The van der Waals surface area contributed by atoms with Gasteiger partial charge in [-0.05, 0) is 49.6 Å². The van der Waals surface area contributed by atoms with Gasteiger partial charge < -0.3 is 9.15 Å². The van der Waals surface area contributed by atoms with Crippen molar-refractivity contribution in [2.75, 3.05) is 6.61 Å². The Kier molecular flexibility index (Phi) is 5.26. The van der Waals surface area contributed by atoms with Crippen molar-refractivity contribution in [2.24, 2.45) is 0 Å². The van der Waals surface area contributed by atoms with Gasteiger partial charge >= 0.3 is 0 Å². The Balaban J connectivity index is 0.000000154. The van der Waals surface area contributed by atoms with Crippen molar-refractivity contribution in [3.63, 3.8) is 0 Å². The molecular formula is C19H24O2. The molecule has 0 amide bonds. The second-order valence-corrected chi connectivity index (χ2v) is 5.62. The zero-order valence-electron chi connectivity index (χ0n) is 13.3. The van der Waals surface area contributed by atoms with Gasteiger partial charge in [0.25, 0.3) is 0 Å². The molecule has 0 N–H and O–H groups in total. The van der Waals surface area contributed by atoms with Crippen LogP contribution in [-0.4, -0.2) is 6.61 Å². The summed E-state index contributed by atoms with van der Waals surface area (Å²) in [5, 5.41) is 0. The number of hydrogen-bond donors (Lipinski definition) is 0. The highest BCUT2D eigenvalue weighted by atomic mass is 16.5. The monoisotopic (exact) mass is 284 g/mol. The molecule has 2 nitrogen and oxygen atoms in total. The predicted molar refractivity (Wildman–Crippen MR) is 88.5 cm³/mol. The molecule has 0 unspecified atom stereocenters. The van der Waals surface area contributed by atoms with Gasteiger partial charge in [0.05, 0.1) is 6.61 Å². The summed E-state index contributed by atoms with van der Waals surface area (Å²) in [7, 11) is 0. The van der Waals surface area contributed by atoms with E-state index >= 15 is 0 Å². The summed E-state index contributed by atoms with van der Waals surface area (Å²) in [6.07, 6.45) is 1.06. The SMILES string of the molecule is CC(C)c1cc2ccc1o2.CCCOc1ccc(C)cc1. The molecule has 0 aliphatic rings. The zero-order valence-corrected chi connectivity index (χ0v) is 13.3. The van der Waals surface area contributed by atoms with E-state index in [4.69, 9.17) is 9.15 Å². The molecule has 112 valence electrons. The molecule has 2 heteroatoms. The number of hydrogen-bond acceptors (Lipinski definition) is 2. The molecule has 21 heavy (non-hydrogen) atoms. The van der Waals surface area contributed by atoms with Crippen molar-refractivity contribution in [3.05, 3.63) is 53.6 Å². The third kappa shape index (κ3) is 4.25. The first kappa shape index (κ1) is 15.4. The highest BCUT2D eigenvalue weighted by Gasteiger charge is 2.08. The Hall–Kier alpha value is -1.96. The quantitative estimate of drug-likeness (QED) is 0.606. The fraction of sp³-hybridized carbons (Fsp3) is 0.368. The van der Waals surface area contributed by atoms with E-state index in [1.165, 1.54) is 11.1 Å². The van der Waals surface area contributed by atoms with Gasteiger partial charge in [0.1, 0.15) is 16.9 Å². The van der Waals surface area contributed by atoms with Gasteiger partial charge in [-0.25, -0.2) is 0 Å². The predicted octanol–water partition coefficient (Wildman–Crippen LogP) is 5.78. The Morgan fingerprint density at radius 3 is 2.19 bits per heavy atom. The Morgan fingerprint density at radius 2 is 1.76 bits per heavy atom. The van der Waals surface area contributed by atoms with Crippen molar-refractivity contribution in [2.45, 2.75) is 40.0 Å². The number of benzene rings is 2. The summed E-state index contributed by atoms with van der Waals surface area (Å²) in [5.41, 5.74) is 4.65. The van der Waals surface area contributed by atoms with Crippen LogP contribution in [0.15, 0.2) is 46.9 Å². The molecule has 0 spiro atoms. The van der Waals surface area contributed by atoms with E-state index in [1.54, 1.807) is 0 Å². The number of ether oxygens (including phenoxy) is 1. The highest BCUT2D eigenvalue weighted by molar-refractivity contribution is 5.66. The van der Waals surface area contributed by atoms with E-state index in [0.717, 1.165) is 29.9 Å². The van der Waals surface area contributed by atoms with Crippen molar-refractivity contribution in [1.82, 2.24) is 0 Å². The molecule has 2 aromatic heterocycles. The van der Waals surface area contributed by atoms with Gasteiger partial charge in [-0.1, -0.05) is 38.5 Å². The van der Waals surface area contributed by atoms with Crippen molar-refractivity contribution in [1.29, 1.82) is 0 Å². The fourth-order valence-electron chi connectivity index (χ4n) is 2.12. The molecule has 0 aliphatic heterocycles. The molecule has 3 aromatic rings. The average Bonchev–Trinajstić information content (AvgIpc) is 3.10. The lowest BCUT2D eigenvalue weighted by Gasteiger charge is -2.03. The molecule has 0 saturated carbocycles. The normalized spacial score (nSPS) is 10.7. The summed E-state index contributed by atoms with van der Waals surface area (Å²) < 4.78 is 10.8. The van der Waals surface area contributed by atoms with Crippen LogP contribution in [0, 0.1) is 6.92 Å². The minimum Gasteiger partial charge on any atom is -0.494 e. The third-order valence-corrected chi connectivity index (χ3v) is 3.32. The molecule has 0 fully saturated rings. The number of aryl methyl sites for hydroxylation is 1. The van der Waals surface area contributed by atoms with Gasteiger partial charge in [0, 0.05) is 5.56 Å². The number of rotatable bonds is 4. The maximum Gasteiger partial charge on any atom is 0.131 e. The van der Waals surface area contributed by atoms with E-state index in [1.807, 2.05) is 24.3 Å². The first-order valence-corrected chi connectivity index (χ1v) is 7.61. The van der Waals surface area contributed by atoms with Crippen molar-refractivity contribution < 1.29 is 9.15 Å². The summed E-state index contributed by atoms with van der Waals surface area (Å²) >= 11 is 0. The smallest absolute Gasteiger partial charge is 0.131 e. The minimum absolute atomic E-state index is 0.581. The largest absolute Gasteiger partial charge is 0.494 e. The molecule has 0 atom stereocenters. The molecule has 0 aliphatic carbocycles. The zero-order chi connectivity index (χ0) is 15.2. The highest BCUT2D eigenvalue weighted by Crippen LogP contribution is 2.27. The maximum absolute atomic E-state index is 5.41. The molecule has 3 rings (SSSR count). The summed E-state index contributed by atoms with van der Waals surface area (Å²) in [6, 6.07) is 14.3. The average molecular weight is 284 g/mol. The van der Waals surface area contributed by atoms with Crippen LogP contribution in [0.3, 0.4) is 0 Å². The molecule has 2 heterocycles. The van der Waals surface area contributed by atoms with Gasteiger partial charge in [-0.3, -0.25) is 0 Å². The number of furan rings is 2. The van der Waals surface area contributed by atoms with Gasteiger partial charge in [-0.2, -0.15) is 0 Å². The Morgan fingerprint density at radius 1 is 1.05 bits per heavy atom. The minimum atomic E-state index is 0.581. The van der Waals surface area contributed by atoms with E-state index < -0.39 is 0 Å². The fourth-order valence-corrected chi connectivity index (χ4v) is 2.12. The Labute approximate surface area is 127 Å². The molecule has 2 bridgehead atoms. The van der Waals surface area contributed by atoms with E-state index in [9.17, 15) is 0 Å². The van der Waals surface area contributed by atoms with Crippen LogP contribution < -0.4 is 4.74 Å². The third-order valence-electron chi connectivity index (χ3n) is 3.32. The first-order valence-electron chi connectivity index (χ1n) is 7.61. The Bertz CT molecular complexity index is 635. The molecule has 0 saturated heterocycles. The number of fused-ring (bicyclic) bond motifs is 2. The lowest BCUT2D eigenvalue weighted by atomic mass is 10.0. The second kappa shape index (κ2) is 7.16.